The van der Waals surface area contributed by atoms with Crippen molar-refractivity contribution in [3.63, 3.8) is 0 Å². The van der Waals surface area contributed by atoms with Gasteiger partial charge in [-0.15, -0.1) is 0 Å². The van der Waals surface area contributed by atoms with Gasteiger partial charge in [-0.3, -0.25) is 16.1 Å². The molecule has 0 saturated heterocycles. The lowest BCUT2D eigenvalue weighted by Gasteiger charge is -2.02. The molecule has 0 aliphatic heterocycles. The van der Waals surface area contributed by atoms with Crippen LogP contribution in [0.5, 0.6) is 5.75 Å². The van der Waals surface area contributed by atoms with Crippen molar-refractivity contribution in [1.29, 1.82) is 0 Å². The van der Waals surface area contributed by atoms with Gasteiger partial charge >= 0.3 is 0 Å². The molecule has 14 heavy (non-hydrogen) atoms. The van der Waals surface area contributed by atoms with Crippen LogP contribution in [0.1, 0.15) is 5.56 Å². The number of benzene rings is 1. The highest BCUT2D eigenvalue weighted by atomic mass is 16.5. The standard InChI is InChI=1S/C8H12N2O.CH2O2/c1-11-8-4-2-3-7(5-8)6-10-9;2-1-3/h2-5,10H,6,9H2,1H3;1H,(H,2,3). The molecule has 78 valence electrons. The normalized spacial score (nSPS) is 8.43. The molecule has 1 rings (SSSR count). The maximum atomic E-state index is 8.36. The maximum absolute atomic E-state index is 8.36. The van der Waals surface area contributed by atoms with Crippen molar-refractivity contribution < 1.29 is 14.6 Å². The molecule has 0 heterocycles. The average Bonchev–Trinajstić information content (AvgIpc) is 2.20. The molecule has 1 aromatic carbocycles. The maximum Gasteiger partial charge on any atom is 0.290 e. The van der Waals surface area contributed by atoms with Crippen molar-refractivity contribution in [2.75, 3.05) is 7.11 Å². The van der Waals surface area contributed by atoms with Crippen LogP contribution < -0.4 is 16.0 Å². The van der Waals surface area contributed by atoms with Crippen LogP contribution in [0.25, 0.3) is 0 Å². The van der Waals surface area contributed by atoms with Gasteiger partial charge in [-0.2, -0.15) is 0 Å². The summed E-state index contributed by atoms with van der Waals surface area (Å²) in [5, 5.41) is 6.89. The number of hydrogen-bond acceptors (Lipinski definition) is 4. The van der Waals surface area contributed by atoms with Crippen LogP contribution in [-0.2, 0) is 11.3 Å². The number of nitrogens with one attached hydrogen (secondary N) is 1. The van der Waals surface area contributed by atoms with E-state index in [1.54, 1.807) is 7.11 Å². The van der Waals surface area contributed by atoms with E-state index in [1.807, 2.05) is 24.3 Å². The minimum absolute atomic E-state index is 0.250. The molecule has 0 aliphatic rings. The van der Waals surface area contributed by atoms with E-state index in [0.717, 1.165) is 11.3 Å². The minimum atomic E-state index is -0.250. The number of hydrogen-bond donors (Lipinski definition) is 3. The summed E-state index contributed by atoms with van der Waals surface area (Å²) in [4.78, 5) is 8.36. The summed E-state index contributed by atoms with van der Waals surface area (Å²) >= 11 is 0. The number of carboxylic acid groups (broad SMARTS) is 1. The first-order valence-electron chi connectivity index (χ1n) is 3.92. The Morgan fingerprint density at radius 2 is 2.29 bits per heavy atom. The molecule has 0 atom stereocenters. The Morgan fingerprint density at radius 3 is 2.79 bits per heavy atom. The van der Waals surface area contributed by atoms with Crippen LogP contribution in [0.3, 0.4) is 0 Å². The number of carbonyl (C=O) groups is 1. The molecule has 5 nitrogen and oxygen atoms in total. The van der Waals surface area contributed by atoms with Crippen molar-refractivity contribution >= 4 is 6.47 Å². The average molecular weight is 198 g/mol. The molecule has 0 aliphatic carbocycles. The summed E-state index contributed by atoms with van der Waals surface area (Å²) in [6, 6.07) is 7.77. The number of rotatable bonds is 3. The minimum Gasteiger partial charge on any atom is -0.497 e. The lowest BCUT2D eigenvalue weighted by atomic mass is 10.2. The Balaban J connectivity index is 0.000000500. The first kappa shape index (κ1) is 12.4. The van der Waals surface area contributed by atoms with E-state index < -0.39 is 0 Å². The SMILES string of the molecule is COc1cccc(CNN)c1.O=CO. The largest absolute Gasteiger partial charge is 0.497 e. The summed E-state index contributed by atoms with van der Waals surface area (Å²) in [7, 11) is 1.65. The number of ether oxygens (including phenoxy) is 1. The molecular formula is C9H14N2O3. The Hall–Kier alpha value is -1.59. The third kappa shape index (κ3) is 5.13. The van der Waals surface area contributed by atoms with Crippen LogP contribution in [0.15, 0.2) is 24.3 Å². The highest BCUT2D eigenvalue weighted by molar-refractivity contribution is 5.32. The zero-order chi connectivity index (χ0) is 10.8. The van der Waals surface area contributed by atoms with Crippen LogP contribution in [0.2, 0.25) is 0 Å². The fraction of sp³-hybridized carbons (Fsp3) is 0.222. The first-order chi connectivity index (χ1) is 6.78. The van der Waals surface area contributed by atoms with E-state index in [1.165, 1.54) is 0 Å². The predicted molar refractivity (Wildman–Crippen MR) is 52.7 cm³/mol. The summed E-state index contributed by atoms with van der Waals surface area (Å²) in [6.07, 6.45) is 0. The van der Waals surface area contributed by atoms with E-state index in [0.29, 0.717) is 6.54 Å². The van der Waals surface area contributed by atoms with Gasteiger partial charge in [-0.1, -0.05) is 12.1 Å². The smallest absolute Gasteiger partial charge is 0.290 e. The molecule has 0 spiro atoms. The molecule has 1 aromatic rings. The number of methoxy groups -OCH3 is 1. The second-order valence-electron chi connectivity index (χ2n) is 2.34. The van der Waals surface area contributed by atoms with Gasteiger partial charge in [0.2, 0.25) is 0 Å². The van der Waals surface area contributed by atoms with E-state index >= 15 is 0 Å². The van der Waals surface area contributed by atoms with Crippen LogP contribution in [-0.4, -0.2) is 18.7 Å². The van der Waals surface area contributed by atoms with Gasteiger partial charge in [0.15, 0.2) is 0 Å². The molecule has 4 N–H and O–H groups in total. The molecule has 0 saturated carbocycles. The Labute approximate surface area is 82.5 Å². The van der Waals surface area contributed by atoms with Crippen molar-refractivity contribution in [2.45, 2.75) is 6.54 Å². The molecule has 0 unspecified atom stereocenters. The van der Waals surface area contributed by atoms with Crippen molar-refractivity contribution in [1.82, 2.24) is 5.43 Å². The topological polar surface area (TPSA) is 84.6 Å². The fourth-order valence-electron chi connectivity index (χ4n) is 0.900. The first-order valence-corrected chi connectivity index (χ1v) is 3.92. The van der Waals surface area contributed by atoms with E-state index in [-0.39, 0.29) is 6.47 Å². The fourth-order valence-corrected chi connectivity index (χ4v) is 0.900. The van der Waals surface area contributed by atoms with Crippen molar-refractivity contribution in [2.24, 2.45) is 5.84 Å². The lowest BCUT2D eigenvalue weighted by Crippen LogP contribution is -2.20. The molecule has 0 radical (unpaired) electrons. The van der Waals surface area contributed by atoms with Crippen molar-refractivity contribution in [3.8, 4) is 5.75 Å². The van der Waals surface area contributed by atoms with E-state index in [2.05, 4.69) is 5.43 Å². The number of nitrogens with two attached hydrogens (primary N) is 1. The molecular weight excluding hydrogens is 184 g/mol. The van der Waals surface area contributed by atoms with Crippen molar-refractivity contribution in [3.05, 3.63) is 29.8 Å². The Bertz CT molecular complexity index is 266. The zero-order valence-electron chi connectivity index (χ0n) is 7.93. The van der Waals surface area contributed by atoms with Crippen LogP contribution in [0.4, 0.5) is 0 Å². The third-order valence-electron chi connectivity index (χ3n) is 1.44. The summed E-state index contributed by atoms with van der Waals surface area (Å²) in [5.41, 5.74) is 3.70. The quantitative estimate of drug-likeness (QED) is 0.371. The van der Waals surface area contributed by atoms with Gasteiger partial charge in [0.25, 0.3) is 6.47 Å². The predicted octanol–water partition coefficient (Wildman–Crippen LogP) is 0.359. The Morgan fingerprint density at radius 1 is 1.64 bits per heavy atom. The Kier molecular flexibility index (Phi) is 7.12. The van der Waals surface area contributed by atoms with Gasteiger partial charge in [0, 0.05) is 6.54 Å². The summed E-state index contributed by atoms with van der Waals surface area (Å²) in [5.74, 6) is 6.02. The lowest BCUT2D eigenvalue weighted by molar-refractivity contribution is -0.122. The van der Waals surface area contributed by atoms with Gasteiger partial charge in [-0.25, -0.2) is 0 Å². The zero-order valence-corrected chi connectivity index (χ0v) is 7.93. The van der Waals surface area contributed by atoms with Gasteiger partial charge in [0.05, 0.1) is 7.11 Å². The highest BCUT2D eigenvalue weighted by Gasteiger charge is 1.92. The van der Waals surface area contributed by atoms with Gasteiger partial charge < -0.3 is 9.84 Å². The van der Waals surface area contributed by atoms with E-state index in [4.69, 9.17) is 20.5 Å². The third-order valence-corrected chi connectivity index (χ3v) is 1.44. The summed E-state index contributed by atoms with van der Waals surface area (Å²) < 4.78 is 5.03. The van der Waals surface area contributed by atoms with Gasteiger partial charge in [0.1, 0.15) is 5.75 Å². The highest BCUT2D eigenvalue weighted by Crippen LogP contribution is 2.11. The second-order valence-corrected chi connectivity index (χ2v) is 2.34. The number of hydrazine groups is 1. The molecule has 0 bridgehead atoms. The van der Waals surface area contributed by atoms with E-state index in [9.17, 15) is 0 Å². The van der Waals surface area contributed by atoms with Crippen LogP contribution >= 0.6 is 0 Å². The second kappa shape index (κ2) is 8.03. The molecule has 0 fully saturated rings. The molecule has 5 heteroatoms. The van der Waals surface area contributed by atoms with Gasteiger partial charge in [-0.05, 0) is 17.7 Å². The van der Waals surface area contributed by atoms with Crippen LogP contribution in [0, 0.1) is 0 Å². The summed E-state index contributed by atoms with van der Waals surface area (Å²) in [6.45, 7) is 0.414. The monoisotopic (exact) mass is 198 g/mol. The molecule has 0 amide bonds. The molecule has 0 aromatic heterocycles.